The molecule has 1 aliphatic rings. The van der Waals surface area contributed by atoms with Crippen LogP contribution in [0, 0.1) is 0 Å². The van der Waals surface area contributed by atoms with E-state index in [1.54, 1.807) is 37.3 Å². The second-order valence-electron chi connectivity index (χ2n) is 5.36. The minimum absolute atomic E-state index is 0.0352. The molecule has 0 atom stereocenters. The van der Waals surface area contributed by atoms with Crippen molar-refractivity contribution < 1.29 is 14.7 Å². The first-order chi connectivity index (χ1) is 11.9. The van der Waals surface area contributed by atoms with Gasteiger partial charge in [-0.3, -0.25) is 4.79 Å². The van der Waals surface area contributed by atoms with Crippen molar-refractivity contribution in [1.29, 1.82) is 0 Å². The highest BCUT2D eigenvalue weighted by atomic mass is 35.5. The van der Waals surface area contributed by atoms with Gasteiger partial charge in [0.1, 0.15) is 0 Å². The summed E-state index contributed by atoms with van der Waals surface area (Å²) in [6.45, 7) is 1.70. The van der Waals surface area contributed by atoms with Crippen molar-refractivity contribution in [3.05, 3.63) is 69.2 Å². The molecule has 0 bridgehead atoms. The van der Waals surface area contributed by atoms with Crippen molar-refractivity contribution in [3.8, 4) is 0 Å². The smallest absolute Gasteiger partial charge is 0.280 e. The number of carboxylic acids is 1. The quantitative estimate of drug-likeness (QED) is 0.775. The Bertz CT molecular complexity index is 934. The average molecular weight is 374 g/mol. The van der Waals surface area contributed by atoms with Gasteiger partial charge in [0.25, 0.3) is 5.91 Å². The number of hydrogen-bond donors (Lipinski definition) is 0. The Kier molecular flexibility index (Phi) is 4.61. The summed E-state index contributed by atoms with van der Waals surface area (Å²) in [6.07, 6.45) is 1.70. The van der Waals surface area contributed by atoms with Crippen LogP contribution in [0.1, 0.15) is 22.8 Å². The fraction of sp³-hybridized carbons (Fsp3) is 0.0556. The highest BCUT2D eigenvalue weighted by Crippen LogP contribution is 2.28. The first-order valence-electron chi connectivity index (χ1n) is 7.25. The lowest BCUT2D eigenvalue weighted by Crippen LogP contribution is -2.25. The van der Waals surface area contributed by atoms with E-state index in [2.05, 4.69) is 5.10 Å². The van der Waals surface area contributed by atoms with Crippen LogP contribution >= 0.6 is 23.2 Å². The number of benzene rings is 2. The first kappa shape index (κ1) is 17.2. The summed E-state index contributed by atoms with van der Waals surface area (Å²) in [5.74, 6) is -1.78. The van der Waals surface area contributed by atoms with Gasteiger partial charge in [-0.1, -0.05) is 35.3 Å². The third-order valence-corrected chi connectivity index (χ3v) is 4.24. The molecule has 5 nitrogen and oxygen atoms in total. The van der Waals surface area contributed by atoms with Crippen LogP contribution < -0.4 is 10.1 Å². The number of aromatic carboxylic acids is 1. The number of nitrogens with zero attached hydrogens (tertiary/aromatic N) is 2. The van der Waals surface area contributed by atoms with E-state index in [1.165, 1.54) is 18.2 Å². The second-order valence-corrected chi connectivity index (χ2v) is 6.21. The zero-order valence-electron chi connectivity index (χ0n) is 13.0. The van der Waals surface area contributed by atoms with Gasteiger partial charge in [0.15, 0.2) is 0 Å². The largest absolute Gasteiger partial charge is 0.545 e. The number of carboxylic acid groups (broad SMARTS) is 1. The van der Waals surface area contributed by atoms with E-state index in [4.69, 9.17) is 23.2 Å². The van der Waals surface area contributed by atoms with Crippen molar-refractivity contribution in [2.45, 2.75) is 6.92 Å². The van der Waals surface area contributed by atoms with E-state index >= 15 is 0 Å². The molecule has 0 saturated heterocycles. The summed E-state index contributed by atoms with van der Waals surface area (Å²) >= 11 is 11.7. The number of hydrogen-bond acceptors (Lipinski definition) is 4. The van der Waals surface area contributed by atoms with Gasteiger partial charge in [-0.25, -0.2) is 0 Å². The van der Waals surface area contributed by atoms with Crippen LogP contribution in [0.3, 0.4) is 0 Å². The number of rotatable bonds is 3. The summed E-state index contributed by atoms with van der Waals surface area (Å²) < 4.78 is 0. The molecule has 1 amide bonds. The molecule has 0 unspecified atom stereocenters. The molecular weight excluding hydrogens is 363 g/mol. The van der Waals surface area contributed by atoms with Gasteiger partial charge in [0.2, 0.25) is 0 Å². The fourth-order valence-electron chi connectivity index (χ4n) is 2.39. The van der Waals surface area contributed by atoms with Crippen molar-refractivity contribution in [3.63, 3.8) is 0 Å². The van der Waals surface area contributed by atoms with Crippen LogP contribution in [0.25, 0.3) is 6.08 Å². The summed E-state index contributed by atoms with van der Waals surface area (Å²) in [5.41, 5.74) is 1.83. The molecule has 1 aliphatic heterocycles. The Morgan fingerprint density at radius 1 is 1.16 bits per heavy atom. The topological polar surface area (TPSA) is 72.8 Å². The van der Waals surface area contributed by atoms with Crippen molar-refractivity contribution in [1.82, 2.24) is 0 Å². The van der Waals surface area contributed by atoms with Gasteiger partial charge in [-0.05, 0) is 48.9 Å². The Balaban J connectivity index is 1.96. The number of carbonyl (C=O) groups is 2. The summed E-state index contributed by atoms with van der Waals surface area (Å²) in [4.78, 5) is 23.8. The highest BCUT2D eigenvalue weighted by molar-refractivity contribution is 6.34. The number of anilines is 1. The highest BCUT2D eigenvalue weighted by Gasteiger charge is 2.29. The lowest BCUT2D eigenvalue weighted by atomic mass is 10.1. The number of halogens is 2. The van der Waals surface area contributed by atoms with E-state index < -0.39 is 5.97 Å². The number of carbonyl (C=O) groups excluding carboxylic acids is 2. The maximum atomic E-state index is 12.7. The normalized spacial score (nSPS) is 15.6. The average Bonchev–Trinajstić information content (AvgIpc) is 2.85. The molecule has 2 aromatic rings. The van der Waals surface area contributed by atoms with E-state index in [9.17, 15) is 14.7 Å². The maximum Gasteiger partial charge on any atom is 0.280 e. The number of hydrazone groups is 1. The number of amides is 1. The van der Waals surface area contributed by atoms with Crippen molar-refractivity contribution in [2.24, 2.45) is 5.10 Å². The summed E-state index contributed by atoms with van der Waals surface area (Å²) in [6, 6.07) is 11.2. The molecule has 3 rings (SSSR count). The lowest BCUT2D eigenvalue weighted by Gasteiger charge is -2.14. The van der Waals surface area contributed by atoms with Crippen LogP contribution in [-0.2, 0) is 4.79 Å². The van der Waals surface area contributed by atoms with Crippen LogP contribution in [0.15, 0.2) is 53.1 Å². The molecule has 2 aromatic carbocycles. The molecular formula is C18H11Cl2N2O3-. The standard InChI is InChI=1S/C18H12Cl2N2O3/c1-10-14(8-11-2-4-12(19)5-3-11)17(23)22(21-10)13-6-7-16(20)15(9-13)18(24)25/h2-9H,1H3,(H,24,25)/p-1/b14-8-. The maximum absolute atomic E-state index is 12.7. The summed E-state index contributed by atoms with van der Waals surface area (Å²) in [7, 11) is 0. The molecule has 25 heavy (non-hydrogen) atoms. The van der Waals surface area contributed by atoms with Gasteiger partial charge < -0.3 is 9.90 Å². The predicted molar refractivity (Wildman–Crippen MR) is 95.8 cm³/mol. The van der Waals surface area contributed by atoms with Gasteiger partial charge >= 0.3 is 0 Å². The van der Waals surface area contributed by atoms with Crippen LogP contribution in [0.2, 0.25) is 10.0 Å². The lowest BCUT2D eigenvalue weighted by molar-refractivity contribution is -0.255. The summed E-state index contributed by atoms with van der Waals surface area (Å²) in [5, 5.41) is 17.1. The van der Waals surface area contributed by atoms with E-state index in [0.29, 0.717) is 22.0 Å². The second kappa shape index (κ2) is 6.70. The molecule has 0 aromatic heterocycles. The Hall–Kier alpha value is -2.63. The third kappa shape index (κ3) is 3.43. The zero-order valence-corrected chi connectivity index (χ0v) is 14.5. The van der Waals surface area contributed by atoms with Crippen LogP contribution in [-0.4, -0.2) is 17.6 Å². The van der Waals surface area contributed by atoms with Gasteiger partial charge in [0.05, 0.1) is 22.9 Å². The molecule has 0 saturated carbocycles. The van der Waals surface area contributed by atoms with E-state index in [1.807, 2.05) is 0 Å². The van der Waals surface area contributed by atoms with E-state index in [-0.39, 0.29) is 16.5 Å². The minimum Gasteiger partial charge on any atom is -0.545 e. The Morgan fingerprint density at radius 2 is 1.84 bits per heavy atom. The van der Waals surface area contributed by atoms with Gasteiger partial charge in [-0.2, -0.15) is 10.1 Å². The molecule has 126 valence electrons. The Labute approximate surface area is 153 Å². The molecule has 0 fully saturated rings. The van der Waals surface area contributed by atoms with E-state index in [0.717, 1.165) is 10.6 Å². The van der Waals surface area contributed by atoms with Gasteiger partial charge in [0, 0.05) is 15.6 Å². The predicted octanol–water partition coefficient (Wildman–Crippen LogP) is 3.16. The first-order valence-corrected chi connectivity index (χ1v) is 8.00. The van der Waals surface area contributed by atoms with Crippen molar-refractivity contribution in [2.75, 3.05) is 5.01 Å². The Morgan fingerprint density at radius 3 is 2.48 bits per heavy atom. The zero-order chi connectivity index (χ0) is 18.1. The molecule has 7 heteroatoms. The third-order valence-electron chi connectivity index (χ3n) is 3.66. The molecule has 1 heterocycles. The molecule has 0 radical (unpaired) electrons. The minimum atomic E-state index is -1.42. The molecule has 0 spiro atoms. The van der Waals surface area contributed by atoms with Gasteiger partial charge in [-0.15, -0.1) is 0 Å². The van der Waals surface area contributed by atoms with Crippen molar-refractivity contribution >= 4 is 52.6 Å². The SMILES string of the molecule is CC1=NN(c2ccc(Cl)c(C(=O)[O-])c2)C(=O)/C1=C\c1ccc(Cl)cc1. The monoisotopic (exact) mass is 373 g/mol. The van der Waals surface area contributed by atoms with Crippen LogP contribution in [0.4, 0.5) is 5.69 Å². The van der Waals surface area contributed by atoms with Crippen LogP contribution in [0.5, 0.6) is 0 Å². The molecule has 0 N–H and O–H groups in total. The molecule has 0 aliphatic carbocycles. The fourth-order valence-corrected chi connectivity index (χ4v) is 2.71.